The molecule has 0 aliphatic carbocycles. The number of amides is 1. The Labute approximate surface area is 203 Å². The van der Waals surface area contributed by atoms with Crippen LogP contribution in [0, 0.1) is 0 Å². The maximum Gasteiger partial charge on any atom is 0.251 e. The van der Waals surface area contributed by atoms with Gasteiger partial charge in [-0.25, -0.2) is 4.98 Å². The van der Waals surface area contributed by atoms with Gasteiger partial charge in [0.2, 0.25) is 0 Å². The summed E-state index contributed by atoms with van der Waals surface area (Å²) < 4.78 is 5.94. The Hall–Kier alpha value is -4.23. The second-order valence-corrected chi connectivity index (χ2v) is 8.34. The first-order valence-electron chi connectivity index (χ1n) is 11.6. The van der Waals surface area contributed by atoms with Gasteiger partial charge in [-0.3, -0.25) is 9.78 Å². The number of nitrogens with zero attached hydrogens (tertiary/aromatic N) is 2. The zero-order chi connectivity index (χ0) is 24.0. The fourth-order valence-corrected chi connectivity index (χ4v) is 4.25. The summed E-state index contributed by atoms with van der Waals surface area (Å²) in [6, 6.07) is 20.3. The number of rotatable bonds is 8. The number of carbonyl (C=O) groups excluding carboxylic acids is 1. The molecular weight excluding hydrogens is 440 g/mol. The molecule has 1 aliphatic heterocycles. The predicted octanol–water partition coefficient (Wildman–Crippen LogP) is 4.15. The van der Waals surface area contributed by atoms with Gasteiger partial charge in [0, 0.05) is 48.2 Å². The van der Waals surface area contributed by atoms with E-state index in [2.05, 4.69) is 20.6 Å². The van der Waals surface area contributed by atoms with E-state index in [9.17, 15) is 9.90 Å². The van der Waals surface area contributed by atoms with Crippen LogP contribution in [0.1, 0.15) is 33.1 Å². The van der Waals surface area contributed by atoms with Crippen molar-refractivity contribution in [2.45, 2.75) is 19.0 Å². The summed E-state index contributed by atoms with van der Waals surface area (Å²) in [6.07, 6.45) is 6.13. The monoisotopic (exact) mass is 466 g/mol. The number of hydrogen-bond donors (Lipinski definition) is 3. The Bertz CT molecular complexity index is 1310. The number of aliphatic hydroxyl groups excluding tert-OH is 1. The van der Waals surface area contributed by atoms with Crippen molar-refractivity contribution in [2.24, 2.45) is 0 Å². The van der Waals surface area contributed by atoms with Gasteiger partial charge in [0.05, 0.1) is 19.3 Å². The van der Waals surface area contributed by atoms with Crippen molar-refractivity contribution in [3.63, 3.8) is 0 Å². The molecular formula is C28H26N4O3. The number of nitrogens with one attached hydrogen (secondary N) is 2. The molecule has 0 fully saturated rings. The molecule has 1 unspecified atom stereocenters. The maximum atomic E-state index is 12.9. The Morgan fingerprint density at radius 1 is 1.06 bits per heavy atom. The predicted molar refractivity (Wildman–Crippen MR) is 134 cm³/mol. The molecule has 2 aromatic carbocycles. The van der Waals surface area contributed by atoms with Crippen molar-refractivity contribution >= 4 is 11.7 Å². The van der Waals surface area contributed by atoms with Crippen molar-refractivity contribution < 1.29 is 14.6 Å². The molecule has 0 saturated carbocycles. The van der Waals surface area contributed by atoms with Gasteiger partial charge in [-0.2, -0.15) is 0 Å². The molecule has 1 aliphatic rings. The normalized spacial score (nSPS) is 12.9. The zero-order valence-electron chi connectivity index (χ0n) is 19.1. The average molecular weight is 467 g/mol. The van der Waals surface area contributed by atoms with Gasteiger partial charge in [-0.1, -0.05) is 42.5 Å². The SMILES string of the molecule is O=C(NC(CO)c1ccccc1)c1cccc(CNc2ncc(-c3ccncc3)c3c2CCO3)c1. The highest BCUT2D eigenvalue weighted by Crippen LogP contribution is 2.39. The highest BCUT2D eigenvalue weighted by Gasteiger charge is 2.22. The maximum absolute atomic E-state index is 12.9. The second kappa shape index (κ2) is 10.4. The largest absolute Gasteiger partial charge is 0.492 e. The topological polar surface area (TPSA) is 96.4 Å². The van der Waals surface area contributed by atoms with Crippen LogP contribution in [0.3, 0.4) is 0 Å². The Morgan fingerprint density at radius 2 is 1.89 bits per heavy atom. The van der Waals surface area contributed by atoms with Crippen LogP contribution in [0.4, 0.5) is 5.82 Å². The molecule has 1 amide bonds. The summed E-state index contributed by atoms with van der Waals surface area (Å²) in [6.45, 7) is 0.958. The van der Waals surface area contributed by atoms with Gasteiger partial charge in [0.15, 0.2) is 0 Å². The van der Waals surface area contributed by atoms with Crippen LogP contribution >= 0.6 is 0 Å². The van der Waals surface area contributed by atoms with Crippen molar-refractivity contribution in [3.8, 4) is 16.9 Å². The van der Waals surface area contributed by atoms with Crippen LogP contribution in [-0.2, 0) is 13.0 Å². The van der Waals surface area contributed by atoms with E-state index >= 15 is 0 Å². The molecule has 5 rings (SSSR count). The third-order valence-corrected chi connectivity index (χ3v) is 6.06. The standard InChI is InChI=1S/C28H26N4O3/c33-18-25(21-6-2-1-3-7-21)32-28(34)22-8-4-5-19(15-22)16-30-27-23-11-14-35-26(23)24(17-31-27)20-9-12-29-13-10-20/h1-10,12-13,15,17,25,33H,11,14,16,18H2,(H,30,31)(H,32,34). The van der Waals surface area contributed by atoms with Crippen LogP contribution in [0.15, 0.2) is 85.3 Å². The van der Waals surface area contributed by atoms with Crippen LogP contribution in [0.2, 0.25) is 0 Å². The summed E-state index contributed by atoms with van der Waals surface area (Å²) in [7, 11) is 0. The lowest BCUT2D eigenvalue weighted by Crippen LogP contribution is -2.30. The van der Waals surface area contributed by atoms with Crippen molar-refractivity contribution in [1.82, 2.24) is 15.3 Å². The van der Waals surface area contributed by atoms with E-state index in [0.717, 1.165) is 45.8 Å². The fourth-order valence-electron chi connectivity index (χ4n) is 4.25. The van der Waals surface area contributed by atoms with E-state index in [-0.39, 0.29) is 12.5 Å². The quantitative estimate of drug-likeness (QED) is 0.361. The highest BCUT2D eigenvalue weighted by molar-refractivity contribution is 5.94. The van der Waals surface area contributed by atoms with Crippen molar-refractivity contribution in [1.29, 1.82) is 0 Å². The molecule has 0 saturated heterocycles. The van der Waals surface area contributed by atoms with E-state index in [0.29, 0.717) is 18.7 Å². The van der Waals surface area contributed by atoms with Gasteiger partial charge in [-0.15, -0.1) is 0 Å². The summed E-state index contributed by atoms with van der Waals surface area (Å²) in [5.41, 5.74) is 5.38. The second-order valence-electron chi connectivity index (χ2n) is 8.34. The molecule has 0 bridgehead atoms. The Morgan fingerprint density at radius 3 is 2.69 bits per heavy atom. The molecule has 0 spiro atoms. The van der Waals surface area contributed by atoms with Crippen LogP contribution < -0.4 is 15.4 Å². The van der Waals surface area contributed by atoms with Gasteiger partial charge < -0.3 is 20.5 Å². The van der Waals surface area contributed by atoms with E-state index < -0.39 is 6.04 Å². The minimum absolute atomic E-state index is 0.175. The number of anilines is 1. The van der Waals surface area contributed by atoms with Crippen LogP contribution in [0.5, 0.6) is 5.75 Å². The minimum Gasteiger partial charge on any atom is -0.492 e. The van der Waals surface area contributed by atoms with Gasteiger partial charge in [-0.05, 0) is 41.0 Å². The van der Waals surface area contributed by atoms with Gasteiger partial charge in [0.1, 0.15) is 11.6 Å². The number of aromatic nitrogens is 2. The first-order valence-corrected chi connectivity index (χ1v) is 11.6. The number of aliphatic hydroxyl groups is 1. The summed E-state index contributed by atoms with van der Waals surface area (Å²) in [5.74, 6) is 1.41. The summed E-state index contributed by atoms with van der Waals surface area (Å²) in [5, 5.41) is 16.1. The number of ether oxygens (including phenoxy) is 1. The lowest BCUT2D eigenvalue weighted by molar-refractivity contribution is 0.0916. The lowest BCUT2D eigenvalue weighted by atomic mass is 10.0. The highest BCUT2D eigenvalue weighted by atomic mass is 16.5. The number of benzene rings is 2. The van der Waals surface area contributed by atoms with Crippen LogP contribution in [0.25, 0.3) is 11.1 Å². The van der Waals surface area contributed by atoms with E-state index in [1.54, 1.807) is 18.5 Å². The van der Waals surface area contributed by atoms with E-state index in [1.165, 1.54) is 0 Å². The first-order chi connectivity index (χ1) is 17.2. The summed E-state index contributed by atoms with van der Waals surface area (Å²) in [4.78, 5) is 21.6. The van der Waals surface area contributed by atoms with Crippen molar-refractivity contribution in [3.05, 3.63) is 108 Å². The molecule has 35 heavy (non-hydrogen) atoms. The molecule has 1 atom stereocenters. The Kier molecular flexibility index (Phi) is 6.68. The van der Waals surface area contributed by atoms with Gasteiger partial charge >= 0.3 is 0 Å². The summed E-state index contributed by atoms with van der Waals surface area (Å²) >= 11 is 0. The van der Waals surface area contributed by atoms with E-state index in [4.69, 9.17) is 4.74 Å². The molecule has 176 valence electrons. The molecule has 3 N–H and O–H groups in total. The lowest BCUT2D eigenvalue weighted by Gasteiger charge is -2.17. The minimum atomic E-state index is -0.462. The number of carbonyl (C=O) groups is 1. The van der Waals surface area contributed by atoms with E-state index in [1.807, 2.05) is 66.9 Å². The number of fused-ring (bicyclic) bond motifs is 1. The first kappa shape index (κ1) is 22.6. The fraction of sp³-hybridized carbons (Fsp3) is 0.179. The third-order valence-electron chi connectivity index (χ3n) is 6.06. The number of hydrogen-bond acceptors (Lipinski definition) is 6. The molecule has 3 heterocycles. The zero-order valence-corrected chi connectivity index (χ0v) is 19.1. The molecule has 4 aromatic rings. The van der Waals surface area contributed by atoms with Crippen molar-refractivity contribution in [2.75, 3.05) is 18.5 Å². The molecule has 7 nitrogen and oxygen atoms in total. The van der Waals surface area contributed by atoms with Crippen LogP contribution in [-0.4, -0.2) is 34.2 Å². The smallest absolute Gasteiger partial charge is 0.251 e. The average Bonchev–Trinajstić information content (AvgIpc) is 3.42. The van der Waals surface area contributed by atoms with Gasteiger partial charge in [0.25, 0.3) is 5.91 Å². The molecule has 7 heteroatoms. The third kappa shape index (κ3) is 5.00. The Balaban J connectivity index is 1.29. The number of pyridine rings is 2. The molecule has 0 radical (unpaired) electrons. The molecule has 2 aromatic heterocycles.